The van der Waals surface area contributed by atoms with Crippen molar-refractivity contribution in [3.05, 3.63) is 114 Å². The minimum Gasteiger partial charge on any atom is -0.493 e. The number of ether oxygens (including phenoxy) is 3. The Labute approximate surface area is 279 Å². The highest BCUT2D eigenvalue weighted by molar-refractivity contribution is 6.10. The number of H-pyrrole nitrogens is 1. The molecule has 49 heavy (non-hydrogen) atoms. The number of hydrogen-bond donors (Lipinski definition) is 4. The van der Waals surface area contributed by atoms with Crippen LogP contribution in [0, 0.1) is 6.92 Å². The zero-order valence-electron chi connectivity index (χ0n) is 26.7. The van der Waals surface area contributed by atoms with E-state index in [0.717, 1.165) is 39.7 Å². The summed E-state index contributed by atoms with van der Waals surface area (Å²) in [5, 5.41) is 21.5. The molecule has 1 unspecified atom stereocenters. The molecular weight excluding hydrogens is 641 g/mol. The topological polar surface area (TPSA) is 131 Å². The number of aliphatic hydroxyl groups is 1. The Bertz CT molecular complexity index is 1970. The number of carbonyl (C=O) groups is 1. The van der Waals surface area contributed by atoms with E-state index in [0.29, 0.717) is 37.0 Å². The fourth-order valence-electron chi connectivity index (χ4n) is 4.93. The highest BCUT2D eigenvalue weighted by Gasteiger charge is 2.30. The third-order valence-corrected chi connectivity index (χ3v) is 7.37. The molecule has 2 heterocycles. The first-order valence-corrected chi connectivity index (χ1v) is 15.3. The Hall–Kier alpha value is -5.53. The summed E-state index contributed by atoms with van der Waals surface area (Å²) in [6.07, 6.45) is -3.78. The summed E-state index contributed by atoms with van der Waals surface area (Å²) < 4.78 is 58.7. The Morgan fingerprint density at radius 3 is 2.33 bits per heavy atom. The van der Waals surface area contributed by atoms with E-state index in [9.17, 15) is 23.1 Å². The molecule has 6 aromatic rings. The second kappa shape index (κ2) is 16.0. The number of anilines is 1. The average molecular weight is 677 g/mol. The summed E-state index contributed by atoms with van der Waals surface area (Å²) in [7, 11) is 1.62. The second-order valence-corrected chi connectivity index (χ2v) is 10.8. The Kier molecular flexibility index (Phi) is 11.4. The standard InChI is InChI=1S/C24H26N2O4.C12H9F3N2O2/c1-28-21-10-4-5-11-22(21)29-14-13-25-15-17(27)16-30-23-12-6-9-20-24(23)18-7-2-3-8-19(18)26-20;1-7-10(6-16-19-7)11(18)17-9-4-2-8(3-5-9)12(13,14)15/h2-12,17,25-27H,13-16H2,1H3;2-6H,1H3,(H,17,18). The van der Waals surface area contributed by atoms with Crippen molar-refractivity contribution < 1.29 is 41.8 Å². The smallest absolute Gasteiger partial charge is 0.416 e. The van der Waals surface area contributed by atoms with Crippen LogP contribution in [0.5, 0.6) is 17.2 Å². The quantitative estimate of drug-likeness (QED) is 0.102. The van der Waals surface area contributed by atoms with Gasteiger partial charge in [0, 0.05) is 35.1 Å². The van der Waals surface area contributed by atoms with Crippen molar-refractivity contribution in [3.63, 3.8) is 0 Å². The fourth-order valence-corrected chi connectivity index (χ4v) is 4.93. The summed E-state index contributed by atoms with van der Waals surface area (Å²) >= 11 is 0. The van der Waals surface area contributed by atoms with Crippen molar-refractivity contribution in [3.8, 4) is 17.2 Å². The maximum Gasteiger partial charge on any atom is 0.416 e. The van der Waals surface area contributed by atoms with Gasteiger partial charge in [-0.2, -0.15) is 13.2 Å². The molecule has 1 atom stereocenters. The molecule has 0 spiro atoms. The third-order valence-electron chi connectivity index (χ3n) is 7.37. The number of halogens is 3. The van der Waals surface area contributed by atoms with Crippen LogP contribution in [0.2, 0.25) is 0 Å². The first kappa shape index (κ1) is 34.8. The molecule has 13 heteroatoms. The summed E-state index contributed by atoms with van der Waals surface area (Å²) in [6, 6.07) is 25.7. The SMILES string of the molecule is COc1ccccc1OCCNCC(O)COc1cccc2[nH]c3ccccc3c12.Cc1oncc1C(=O)Nc1ccc(C(F)(F)F)cc1. The predicted octanol–water partition coefficient (Wildman–Crippen LogP) is 6.99. The molecule has 0 aliphatic heterocycles. The van der Waals surface area contributed by atoms with Crippen LogP contribution >= 0.6 is 0 Å². The molecule has 10 nitrogen and oxygen atoms in total. The number of nitrogens with one attached hydrogen (secondary N) is 3. The number of hydrogen-bond acceptors (Lipinski definition) is 8. The van der Waals surface area contributed by atoms with Crippen molar-refractivity contribution in [1.29, 1.82) is 0 Å². The van der Waals surface area contributed by atoms with Gasteiger partial charge in [-0.25, -0.2) is 0 Å². The van der Waals surface area contributed by atoms with Crippen LogP contribution in [0.3, 0.4) is 0 Å². The van der Waals surface area contributed by atoms with Gasteiger partial charge in [0.15, 0.2) is 11.5 Å². The van der Waals surface area contributed by atoms with Gasteiger partial charge in [-0.3, -0.25) is 4.79 Å². The molecule has 0 saturated heterocycles. The van der Waals surface area contributed by atoms with Crippen LogP contribution in [-0.4, -0.2) is 60.7 Å². The summed E-state index contributed by atoms with van der Waals surface area (Å²) in [5.74, 6) is 2.03. The first-order chi connectivity index (χ1) is 23.6. The van der Waals surface area contributed by atoms with Gasteiger partial charge in [0.2, 0.25) is 0 Å². The second-order valence-electron chi connectivity index (χ2n) is 10.8. The van der Waals surface area contributed by atoms with Crippen LogP contribution in [0.1, 0.15) is 21.7 Å². The largest absolute Gasteiger partial charge is 0.493 e. The number of benzene rings is 4. The zero-order valence-corrected chi connectivity index (χ0v) is 26.7. The molecule has 0 saturated carbocycles. The summed E-state index contributed by atoms with van der Waals surface area (Å²) in [4.78, 5) is 15.1. The van der Waals surface area contributed by atoms with Gasteiger partial charge in [0.1, 0.15) is 36.4 Å². The molecule has 0 fully saturated rings. The Morgan fingerprint density at radius 2 is 1.61 bits per heavy atom. The van der Waals surface area contributed by atoms with Crippen LogP contribution < -0.4 is 24.8 Å². The Morgan fingerprint density at radius 1 is 0.918 bits per heavy atom. The highest BCUT2D eigenvalue weighted by atomic mass is 19.4. The van der Waals surface area contributed by atoms with E-state index in [1.807, 2.05) is 60.7 Å². The van der Waals surface area contributed by atoms with Crippen molar-refractivity contribution >= 4 is 33.4 Å². The van der Waals surface area contributed by atoms with E-state index in [4.69, 9.17) is 18.7 Å². The lowest BCUT2D eigenvalue weighted by Crippen LogP contribution is -2.33. The van der Waals surface area contributed by atoms with Crippen molar-refractivity contribution in [2.24, 2.45) is 0 Å². The maximum atomic E-state index is 12.4. The molecule has 256 valence electrons. The van der Waals surface area contributed by atoms with Gasteiger partial charge < -0.3 is 39.5 Å². The molecule has 4 N–H and O–H groups in total. The van der Waals surface area contributed by atoms with Crippen molar-refractivity contribution in [2.75, 3.05) is 38.7 Å². The van der Waals surface area contributed by atoms with Gasteiger partial charge >= 0.3 is 6.18 Å². The highest BCUT2D eigenvalue weighted by Crippen LogP contribution is 2.33. The molecule has 0 aliphatic carbocycles. The lowest BCUT2D eigenvalue weighted by molar-refractivity contribution is -0.137. The van der Waals surface area contributed by atoms with Crippen molar-refractivity contribution in [2.45, 2.75) is 19.2 Å². The Balaban J connectivity index is 0.000000212. The van der Waals surface area contributed by atoms with E-state index in [1.165, 1.54) is 18.3 Å². The van der Waals surface area contributed by atoms with Crippen molar-refractivity contribution in [1.82, 2.24) is 15.5 Å². The first-order valence-electron chi connectivity index (χ1n) is 15.3. The van der Waals surface area contributed by atoms with Crippen LogP contribution in [0.4, 0.5) is 18.9 Å². The summed E-state index contributed by atoms with van der Waals surface area (Å²) in [5.41, 5.74) is 1.82. The molecule has 4 aromatic carbocycles. The van der Waals surface area contributed by atoms with Crippen LogP contribution in [0.25, 0.3) is 21.8 Å². The number of amides is 1. The monoisotopic (exact) mass is 676 g/mol. The lowest BCUT2D eigenvalue weighted by atomic mass is 10.1. The van der Waals surface area contributed by atoms with E-state index < -0.39 is 23.8 Å². The van der Waals surface area contributed by atoms with Gasteiger partial charge in [-0.1, -0.05) is 41.6 Å². The lowest BCUT2D eigenvalue weighted by Gasteiger charge is -2.15. The molecule has 0 aliphatic rings. The molecule has 2 aromatic heterocycles. The number of aliphatic hydroxyl groups excluding tert-OH is 1. The third kappa shape index (κ3) is 9.09. The maximum absolute atomic E-state index is 12.4. The summed E-state index contributed by atoms with van der Waals surface area (Å²) in [6.45, 7) is 3.27. The van der Waals surface area contributed by atoms with Gasteiger partial charge in [0.25, 0.3) is 5.91 Å². The normalized spacial score (nSPS) is 11.9. The molecular formula is C36H35F3N4O6. The number of aromatic amines is 1. The molecule has 6 rings (SSSR count). The zero-order chi connectivity index (χ0) is 34.8. The molecule has 0 bridgehead atoms. The van der Waals surface area contributed by atoms with Gasteiger partial charge in [-0.05, 0) is 61.5 Å². The van der Waals surface area contributed by atoms with E-state index in [-0.39, 0.29) is 17.9 Å². The number of rotatable bonds is 12. The number of alkyl halides is 3. The van der Waals surface area contributed by atoms with E-state index in [2.05, 4.69) is 26.8 Å². The average Bonchev–Trinajstić information content (AvgIpc) is 3.71. The van der Waals surface area contributed by atoms with Crippen LogP contribution in [0.15, 0.2) is 102 Å². The number of aromatic nitrogens is 2. The molecule has 0 radical (unpaired) electrons. The van der Waals surface area contributed by atoms with Gasteiger partial charge in [-0.15, -0.1) is 0 Å². The minimum atomic E-state index is -4.40. The minimum absolute atomic E-state index is 0.207. The van der Waals surface area contributed by atoms with E-state index in [1.54, 1.807) is 14.0 Å². The number of fused-ring (bicyclic) bond motifs is 3. The van der Waals surface area contributed by atoms with Crippen LogP contribution in [-0.2, 0) is 6.18 Å². The number of aryl methyl sites for hydroxylation is 1. The molecule has 1 amide bonds. The predicted molar refractivity (Wildman–Crippen MR) is 179 cm³/mol. The number of carbonyl (C=O) groups excluding carboxylic acids is 1. The number of methoxy groups -OCH3 is 1. The number of nitrogens with zero attached hydrogens (tertiary/aromatic N) is 1. The van der Waals surface area contributed by atoms with E-state index >= 15 is 0 Å². The van der Waals surface area contributed by atoms with Gasteiger partial charge in [0.05, 0.1) is 24.4 Å². The number of para-hydroxylation sites is 3. The fraction of sp³-hybridized carbons (Fsp3) is 0.222.